The van der Waals surface area contributed by atoms with E-state index in [-0.39, 0.29) is 5.82 Å². The predicted molar refractivity (Wildman–Crippen MR) is 104 cm³/mol. The number of rotatable bonds is 5. The Morgan fingerprint density at radius 1 is 1.24 bits per heavy atom. The summed E-state index contributed by atoms with van der Waals surface area (Å²) in [6, 6.07) is 6.91. The fraction of sp³-hybridized carbons (Fsp3) is 0.333. The lowest BCUT2D eigenvalue weighted by Gasteiger charge is -2.16. The minimum absolute atomic E-state index is 0.226. The number of ether oxygens (including phenoxy) is 2. The molecule has 4 atom stereocenters. The number of carbonyl (C=O) groups excluding carboxylic acids is 1. The van der Waals surface area contributed by atoms with E-state index in [1.807, 2.05) is 0 Å². The van der Waals surface area contributed by atoms with E-state index in [9.17, 15) is 15.0 Å². The molecule has 0 amide bonds. The number of anilines is 1. The van der Waals surface area contributed by atoms with Gasteiger partial charge < -0.3 is 25.4 Å². The molecule has 0 radical (unpaired) electrons. The maximum Gasteiger partial charge on any atom is 0.337 e. The average molecular weight is 417 g/mol. The van der Waals surface area contributed by atoms with E-state index in [4.69, 9.17) is 10.5 Å². The number of hydrogen-bond donors (Lipinski definition) is 3. The number of hydrogen-bond acceptors (Lipinski definition) is 10. The highest BCUT2D eigenvalue weighted by Crippen LogP contribution is 2.34. The number of aliphatic hydroxyl groups is 2. The standard InChI is InChI=1S/C18H19N5O5S/c1-27-18(26)9-2-4-10(5-3-9)29-6-11-13(24)14(25)17(28-11)23-8-22-12-15(19)20-7-21-16(12)23/h2-5,7-8,11,13-14,17,24-25H,6H2,1H3,(H2,19,20,21)/t11-,13-,14-,17-/m1/s1. The van der Waals surface area contributed by atoms with Gasteiger partial charge in [0, 0.05) is 10.6 Å². The van der Waals surface area contributed by atoms with Crippen LogP contribution in [0.15, 0.2) is 41.8 Å². The van der Waals surface area contributed by atoms with Crippen molar-refractivity contribution in [2.45, 2.75) is 29.4 Å². The van der Waals surface area contributed by atoms with Gasteiger partial charge in [-0.05, 0) is 24.3 Å². The molecule has 3 aromatic rings. The molecule has 10 nitrogen and oxygen atoms in total. The van der Waals surface area contributed by atoms with Crippen LogP contribution in [0, 0.1) is 0 Å². The van der Waals surface area contributed by atoms with Gasteiger partial charge in [0.2, 0.25) is 0 Å². The van der Waals surface area contributed by atoms with E-state index in [1.54, 1.807) is 24.3 Å². The van der Waals surface area contributed by atoms with Crippen LogP contribution < -0.4 is 5.73 Å². The predicted octanol–water partition coefficient (Wildman–Crippen LogP) is 0.607. The van der Waals surface area contributed by atoms with Crippen LogP contribution >= 0.6 is 11.8 Å². The topological polar surface area (TPSA) is 146 Å². The molecule has 0 spiro atoms. The maximum atomic E-state index is 11.5. The van der Waals surface area contributed by atoms with E-state index in [1.165, 1.54) is 36.1 Å². The molecule has 4 rings (SSSR count). The molecule has 0 aliphatic carbocycles. The number of carbonyl (C=O) groups is 1. The van der Waals surface area contributed by atoms with E-state index in [2.05, 4.69) is 19.7 Å². The summed E-state index contributed by atoms with van der Waals surface area (Å²) in [4.78, 5) is 24.6. The van der Waals surface area contributed by atoms with Gasteiger partial charge in [0.15, 0.2) is 17.7 Å². The number of nitrogens with two attached hydrogens (primary N) is 1. The fourth-order valence-corrected chi connectivity index (χ4v) is 4.10. The molecule has 1 aromatic carbocycles. The van der Waals surface area contributed by atoms with Crippen LogP contribution in [0.1, 0.15) is 16.6 Å². The first-order chi connectivity index (χ1) is 14.0. The number of thioether (sulfide) groups is 1. The van der Waals surface area contributed by atoms with E-state index in [0.29, 0.717) is 22.5 Å². The van der Waals surface area contributed by atoms with Crippen molar-refractivity contribution < 1.29 is 24.5 Å². The Bertz CT molecular complexity index is 1030. The number of aliphatic hydroxyl groups excluding tert-OH is 2. The van der Waals surface area contributed by atoms with Crippen LogP contribution in [-0.4, -0.2) is 66.9 Å². The third kappa shape index (κ3) is 3.65. The third-order valence-electron chi connectivity index (χ3n) is 4.69. The number of aromatic nitrogens is 4. The Hall–Kier alpha value is -2.73. The molecule has 3 heterocycles. The lowest BCUT2D eigenvalue weighted by Crippen LogP contribution is -2.32. The summed E-state index contributed by atoms with van der Waals surface area (Å²) in [5.41, 5.74) is 7.07. The molecule has 11 heteroatoms. The molecule has 152 valence electrons. The summed E-state index contributed by atoms with van der Waals surface area (Å²) in [5.74, 6) is 0.221. The molecular formula is C18H19N5O5S. The normalized spacial score (nSPS) is 24.1. The molecule has 4 N–H and O–H groups in total. The number of fused-ring (bicyclic) bond motifs is 1. The summed E-state index contributed by atoms with van der Waals surface area (Å²) < 4.78 is 12.1. The van der Waals surface area contributed by atoms with Crippen molar-refractivity contribution in [2.75, 3.05) is 18.6 Å². The molecular weight excluding hydrogens is 398 g/mol. The van der Waals surface area contributed by atoms with Crippen LogP contribution in [0.4, 0.5) is 5.82 Å². The molecule has 1 fully saturated rings. The van der Waals surface area contributed by atoms with Gasteiger partial charge in [-0.3, -0.25) is 4.57 Å². The van der Waals surface area contributed by atoms with Gasteiger partial charge in [-0.2, -0.15) is 0 Å². The summed E-state index contributed by atoms with van der Waals surface area (Å²) in [7, 11) is 1.33. The van der Waals surface area contributed by atoms with Gasteiger partial charge in [-0.25, -0.2) is 19.7 Å². The van der Waals surface area contributed by atoms with Gasteiger partial charge in [-0.15, -0.1) is 11.8 Å². The molecule has 0 unspecified atom stereocenters. The fourth-order valence-electron chi connectivity index (χ4n) is 3.14. The minimum Gasteiger partial charge on any atom is -0.465 e. The molecule has 29 heavy (non-hydrogen) atoms. The first-order valence-electron chi connectivity index (χ1n) is 8.75. The largest absolute Gasteiger partial charge is 0.465 e. The summed E-state index contributed by atoms with van der Waals surface area (Å²) in [6.45, 7) is 0. The molecule has 1 saturated heterocycles. The van der Waals surface area contributed by atoms with Gasteiger partial charge >= 0.3 is 5.97 Å². The third-order valence-corrected chi connectivity index (χ3v) is 5.79. The Morgan fingerprint density at radius 3 is 2.72 bits per heavy atom. The number of nitrogens with zero attached hydrogens (tertiary/aromatic N) is 4. The summed E-state index contributed by atoms with van der Waals surface area (Å²) in [6.07, 6.45) is -0.945. The minimum atomic E-state index is -1.16. The monoisotopic (exact) mass is 417 g/mol. The van der Waals surface area contributed by atoms with Crippen molar-refractivity contribution in [1.82, 2.24) is 19.5 Å². The Balaban J connectivity index is 1.46. The van der Waals surface area contributed by atoms with E-state index < -0.39 is 30.5 Å². The van der Waals surface area contributed by atoms with E-state index >= 15 is 0 Å². The van der Waals surface area contributed by atoms with E-state index in [0.717, 1.165) is 4.90 Å². The summed E-state index contributed by atoms with van der Waals surface area (Å²) in [5, 5.41) is 20.9. The van der Waals surface area contributed by atoms with Crippen molar-refractivity contribution >= 4 is 34.7 Å². The molecule has 1 aliphatic heterocycles. The highest BCUT2D eigenvalue weighted by Gasteiger charge is 2.44. The smallest absolute Gasteiger partial charge is 0.337 e. The van der Waals surface area contributed by atoms with Crippen molar-refractivity contribution in [1.29, 1.82) is 0 Å². The van der Waals surface area contributed by atoms with Crippen LogP contribution in [0.2, 0.25) is 0 Å². The molecule has 0 saturated carbocycles. The highest BCUT2D eigenvalue weighted by atomic mass is 32.2. The SMILES string of the molecule is COC(=O)c1ccc(SC[C@H]2O[C@@H](n3cnc4c(N)ncnc43)[C@H](O)[C@@H]2O)cc1. The first kappa shape index (κ1) is 19.6. The number of imidazole rings is 1. The molecule has 0 bridgehead atoms. The van der Waals surface area contributed by atoms with Crippen molar-refractivity contribution in [2.24, 2.45) is 0 Å². The second-order valence-electron chi connectivity index (χ2n) is 6.46. The van der Waals surface area contributed by atoms with Gasteiger partial charge in [0.05, 0.1) is 25.1 Å². The van der Waals surface area contributed by atoms with Gasteiger partial charge in [0.25, 0.3) is 0 Å². The zero-order valence-electron chi connectivity index (χ0n) is 15.4. The van der Waals surface area contributed by atoms with Crippen LogP contribution in [-0.2, 0) is 9.47 Å². The molecule has 1 aliphatic rings. The maximum absolute atomic E-state index is 11.5. The van der Waals surface area contributed by atoms with Crippen LogP contribution in [0.5, 0.6) is 0 Å². The highest BCUT2D eigenvalue weighted by molar-refractivity contribution is 7.99. The number of benzene rings is 1. The second-order valence-corrected chi connectivity index (χ2v) is 7.55. The van der Waals surface area contributed by atoms with Crippen molar-refractivity contribution in [3.63, 3.8) is 0 Å². The number of nitrogen functional groups attached to an aromatic ring is 1. The lowest BCUT2D eigenvalue weighted by molar-refractivity contribution is -0.0289. The van der Waals surface area contributed by atoms with Crippen LogP contribution in [0.25, 0.3) is 11.2 Å². The Kier molecular flexibility index (Phi) is 5.37. The van der Waals surface area contributed by atoms with Gasteiger partial charge in [0.1, 0.15) is 24.1 Å². The first-order valence-corrected chi connectivity index (χ1v) is 9.74. The van der Waals surface area contributed by atoms with Crippen molar-refractivity contribution in [3.8, 4) is 0 Å². The Morgan fingerprint density at radius 2 is 2.00 bits per heavy atom. The van der Waals surface area contributed by atoms with Crippen LogP contribution in [0.3, 0.4) is 0 Å². The van der Waals surface area contributed by atoms with Crippen molar-refractivity contribution in [3.05, 3.63) is 42.5 Å². The number of methoxy groups -OCH3 is 1. The zero-order valence-corrected chi connectivity index (χ0v) is 16.2. The lowest BCUT2D eigenvalue weighted by atomic mass is 10.1. The average Bonchev–Trinajstić information content (AvgIpc) is 3.29. The number of esters is 1. The zero-order chi connectivity index (χ0) is 20.5. The second kappa shape index (κ2) is 7.95. The summed E-state index contributed by atoms with van der Waals surface area (Å²) >= 11 is 1.44. The molecule has 2 aromatic heterocycles. The Labute approximate surface area is 169 Å². The van der Waals surface area contributed by atoms with Gasteiger partial charge in [-0.1, -0.05) is 0 Å². The quantitative estimate of drug-likeness (QED) is 0.398.